The third-order valence-electron chi connectivity index (χ3n) is 18.5. The number of carboxylic acids is 1. The Balaban J connectivity index is 0.00000586. The number of aliphatic hydroxyl groups is 1. The van der Waals surface area contributed by atoms with Crippen molar-refractivity contribution in [2.45, 2.75) is 206 Å². The van der Waals surface area contributed by atoms with Crippen molar-refractivity contribution in [3.8, 4) is 5.75 Å². The Morgan fingerprint density at radius 3 is 1.44 bits per heavy atom. The molecule has 1 aromatic heterocycles. The normalized spacial score (nSPS) is 14.5. The van der Waals surface area contributed by atoms with E-state index in [4.69, 9.17) is 27.2 Å². The fourth-order valence-corrected chi connectivity index (χ4v) is 12.8. The number of pyridine rings is 1. The van der Waals surface area contributed by atoms with E-state index in [2.05, 4.69) is 84.1 Å². The summed E-state index contributed by atoms with van der Waals surface area (Å²) < 4.78 is 0. The van der Waals surface area contributed by atoms with E-state index in [1.165, 1.54) is 55.4 Å². The number of nitrogens with zero attached hydrogens (tertiary/aromatic N) is 4. The maximum Gasteiger partial charge on any atom is 0.300 e. The van der Waals surface area contributed by atoms with Crippen LogP contribution in [0.3, 0.4) is 0 Å². The van der Waals surface area contributed by atoms with Gasteiger partial charge >= 0.3 is 0 Å². The van der Waals surface area contributed by atoms with Crippen LogP contribution in [0, 0.1) is 5.92 Å². The topological polar surface area (TPSA) is 489 Å². The van der Waals surface area contributed by atoms with Crippen LogP contribution in [0.5, 0.6) is 5.75 Å². The second kappa shape index (κ2) is 50.7. The van der Waals surface area contributed by atoms with Gasteiger partial charge in [-0.1, -0.05) is 98.2 Å². The van der Waals surface area contributed by atoms with Gasteiger partial charge in [0.2, 0.25) is 65.0 Å². The zero-order valence-electron chi connectivity index (χ0n) is 67.7. The molecule has 4 aromatic carbocycles. The number of carbonyl (C=O) groups excluding carboxylic acids is 11. The number of carboxylic acid groups (broad SMARTS) is 1. The van der Waals surface area contributed by atoms with Gasteiger partial charge in [0, 0.05) is 103 Å². The van der Waals surface area contributed by atoms with Gasteiger partial charge in [-0.15, -0.1) is 0 Å². The Bertz CT molecular complexity index is 4080. The number of fused-ring (bicyclic) bond motifs is 1. The lowest BCUT2D eigenvalue weighted by Crippen LogP contribution is -2.61. The van der Waals surface area contributed by atoms with E-state index in [0.717, 1.165) is 17.7 Å². The molecule has 116 heavy (non-hydrogen) atoms. The molecule has 33 nitrogen and oxygen atoms in total. The standard InChI is InChI=1S/C80H113ClN18O13.C2H4O2/c1-9-84-79(85-10-2)88-38-17-15-24-60(70(104)94-62(41-49(5)6)71(105)93-61(25-16-18-39-89-80(86-11-3)87-12-4)78(112)99-40-20-26-68(99)77(111)90-50(7)69(82)103)92-73(107)64(44-53-30-35-59(102)36-31-53)97-76(110)67(48-100)98-75(109)66(46-55-21-19-37-83-47-55)96-74(108)65(43-52-28-33-58(81)34-29-52)95-72(106)63(91-51(8)101)45-54-27-32-56-22-13-14-23-57(56)42-54;1-2(3)4/h13-14,19,21-23,27-37,42,47,49-50,60-68,100,102H,9-12,15-18,20,24-26,38-41,43-46,48H2,1-8H3,(H2,82,103)(H,90,111)(H,91,101)(H,92,107)(H,93,105)(H,94,104)(H,95,106)(H,96,108)(H,97,110)(H,98,109)(H2,84,85,88)(H2,86,87,89);1H3,(H,3,4)/t50-,60+,61-,62-,63+,64-,65+,66+,67-,68-;/m0./s1. The van der Waals surface area contributed by atoms with E-state index in [9.17, 15) is 53.4 Å². The first-order valence-electron chi connectivity index (χ1n) is 39.5. The fraction of sp³-hybridized carbons (Fsp3) is 0.500. The van der Waals surface area contributed by atoms with Crippen LogP contribution in [0.1, 0.15) is 142 Å². The van der Waals surface area contributed by atoms with Gasteiger partial charge in [-0.3, -0.25) is 72.5 Å². The molecular weight excluding hydrogens is 1510 g/mol. The molecule has 2 heterocycles. The number of primary amides is 1. The number of hydrogen-bond donors (Lipinski definition) is 17. The summed E-state index contributed by atoms with van der Waals surface area (Å²) in [5.41, 5.74) is 7.61. The molecule has 34 heteroatoms. The number of aromatic nitrogens is 1. The number of benzene rings is 4. The van der Waals surface area contributed by atoms with E-state index in [1.54, 1.807) is 36.4 Å². The van der Waals surface area contributed by atoms with Gasteiger partial charge in [-0.25, -0.2) is 0 Å². The number of aromatic hydroxyl groups is 1. The van der Waals surface area contributed by atoms with Gasteiger partial charge in [0.15, 0.2) is 11.9 Å². The smallest absolute Gasteiger partial charge is 0.300 e. The fourth-order valence-electron chi connectivity index (χ4n) is 12.7. The van der Waals surface area contributed by atoms with Gasteiger partial charge in [-0.05, 0) is 162 Å². The highest BCUT2D eigenvalue weighted by molar-refractivity contribution is 6.30. The molecule has 0 spiro atoms. The summed E-state index contributed by atoms with van der Waals surface area (Å²) in [6.45, 7) is 17.4. The Morgan fingerprint density at radius 1 is 0.517 bits per heavy atom. The van der Waals surface area contributed by atoms with Gasteiger partial charge in [0.05, 0.1) is 6.61 Å². The molecule has 632 valence electrons. The summed E-state index contributed by atoms with van der Waals surface area (Å²) in [5, 5.41) is 68.4. The van der Waals surface area contributed by atoms with E-state index in [-0.39, 0.29) is 76.0 Å². The Hall–Kier alpha value is -11.5. The van der Waals surface area contributed by atoms with Crippen LogP contribution in [0.4, 0.5) is 0 Å². The summed E-state index contributed by atoms with van der Waals surface area (Å²) in [4.78, 5) is 181. The molecule has 1 fully saturated rings. The molecule has 18 N–H and O–H groups in total. The zero-order chi connectivity index (χ0) is 85.2. The van der Waals surface area contributed by atoms with Crippen LogP contribution in [0.2, 0.25) is 5.02 Å². The molecule has 5 aromatic rings. The monoisotopic (exact) mass is 1630 g/mol. The molecule has 0 saturated carbocycles. The predicted octanol–water partition coefficient (Wildman–Crippen LogP) is 2.36. The number of aliphatic hydroxyl groups excluding tert-OH is 1. The molecular formula is C82H117ClN18O15. The van der Waals surface area contributed by atoms with E-state index in [1.807, 2.05) is 84.0 Å². The van der Waals surface area contributed by atoms with Crippen molar-refractivity contribution in [2.24, 2.45) is 21.6 Å². The van der Waals surface area contributed by atoms with Crippen LogP contribution < -0.4 is 74.9 Å². The molecule has 1 aliphatic heterocycles. The molecule has 0 aliphatic carbocycles. The average Bonchev–Trinajstić information content (AvgIpc) is 1.07. The highest BCUT2D eigenvalue weighted by Crippen LogP contribution is 2.23. The molecule has 0 unspecified atom stereocenters. The predicted molar refractivity (Wildman–Crippen MR) is 442 cm³/mol. The average molecular weight is 1630 g/mol. The first-order chi connectivity index (χ1) is 55.4. The van der Waals surface area contributed by atoms with Crippen LogP contribution in [0.25, 0.3) is 10.8 Å². The van der Waals surface area contributed by atoms with Crippen molar-refractivity contribution in [1.82, 2.24) is 79.0 Å². The maximum absolute atomic E-state index is 15.2. The number of nitrogens with one attached hydrogen (secondary N) is 13. The molecule has 11 amide bonds. The molecule has 6 rings (SSSR count). The van der Waals surface area contributed by atoms with Crippen LogP contribution in [-0.4, -0.2) is 221 Å². The largest absolute Gasteiger partial charge is 0.508 e. The lowest BCUT2D eigenvalue weighted by molar-refractivity contribution is -0.142. The van der Waals surface area contributed by atoms with Crippen molar-refractivity contribution in [2.75, 3.05) is 52.4 Å². The minimum Gasteiger partial charge on any atom is -0.508 e. The maximum atomic E-state index is 15.2. The van der Waals surface area contributed by atoms with E-state index >= 15 is 9.59 Å². The number of nitrogens with two attached hydrogens (primary N) is 1. The number of likely N-dealkylation sites (tertiary alicyclic amines) is 1. The van der Waals surface area contributed by atoms with Gasteiger partial charge in [-0.2, -0.15) is 0 Å². The highest BCUT2D eigenvalue weighted by atomic mass is 35.5. The molecule has 0 bridgehead atoms. The molecule has 1 saturated heterocycles. The summed E-state index contributed by atoms with van der Waals surface area (Å²) in [7, 11) is 0. The van der Waals surface area contributed by atoms with Crippen LogP contribution in [0.15, 0.2) is 126 Å². The first kappa shape index (κ1) is 95.1. The number of halogens is 1. The van der Waals surface area contributed by atoms with Gasteiger partial charge in [0.1, 0.15) is 66.2 Å². The second-order valence-electron chi connectivity index (χ2n) is 28.6. The Labute approximate surface area is 682 Å². The van der Waals surface area contributed by atoms with Crippen molar-refractivity contribution in [3.05, 3.63) is 143 Å². The van der Waals surface area contributed by atoms with Gasteiger partial charge < -0.3 is 95.1 Å². The number of phenolic OH excluding ortho intramolecular Hbond substituents is 1. The number of phenols is 1. The Kier molecular flexibility index (Phi) is 41.6. The van der Waals surface area contributed by atoms with Crippen LogP contribution >= 0.6 is 11.6 Å². The third-order valence-corrected chi connectivity index (χ3v) is 18.7. The number of amides is 11. The SMILES string of the molecule is CC(=O)O.CCNC(=NCCCC[C@H](NC(=O)[C@H](CC(C)C)NC(=O)[C@@H](CCCCN=C(NCC)NCC)NC(=O)[C@H](Cc1ccc(O)cc1)NC(=O)[C@H](CO)NC(=O)[C@@H](Cc1cccnc1)NC(=O)[C@@H](Cc1ccc(Cl)cc1)NC(=O)[C@@H](Cc1ccc2ccccc2c1)NC(C)=O)C(=O)N1CCC[C@H]1C(=O)N[C@@H](C)C(N)=O)NCC. The summed E-state index contributed by atoms with van der Waals surface area (Å²) in [6.07, 6.45) is 4.77. The lowest BCUT2D eigenvalue weighted by atomic mass is 9.99. The minimum atomic E-state index is -1.82. The highest BCUT2D eigenvalue weighted by Gasteiger charge is 2.40. The number of hydrogen-bond acceptors (Lipinski definition) is 17. The third kappa shape index (κ3) is 33.9. The van der Waals surface area contributed by atoms with Crippen molar-refractivity contribution < 1.29 is 72.9 Å². The quantitative estimate of drug-likeness (QED) is 0.0151. The number of aliphatic carboxylic acids is 1. The first-order valence-corrected chi connectivity index (χ1v) is 39.9. The number of carbonyl (C=O) groups is 12. The zero-order valence-corrected chi connectivity index (χ0v) is 68.4. The summed E-state index contributed by atoms with van der Waals surface area (Å²) >= 11 is 6.26. The van der Waals surface area contributed by atoms with E-state index in [0.29, 0.717) is 104 Å². The molecule has 1 aliphatic rings. The number of aliphatic imine (C=N–C) groups is 2. The summed E-state index contributed by atoms with van der Waals surface area (Å²) in [5.74, 6) is -8.56. The molecule has 10 atom stereocenters. The van der Waals surface area contributed by atoms with Crippen molar-refractivity contribution in [3.63, 3.8) is 0 Å². The van der Waals surface area contributed by atoms with Gasteiger partial charge in [0.25, 0.3) is 5.97 Å². The molecule has 0 radical (unpaired) electrons. The second-order valence-corrected chi connectivity index (χ2v) is 29.0. The lowest BCUT2D eigenvalue weighted by Gasteiger charge is -2.31. The summed E-state index contributed by atoms with van der Waals surface area (Å²) in [6, 6.07) is 15.3. The Morgan fingerprint density at radius 2 is 0.948 bits per heavy atom. The number of guanidine groups is 2. The number of rotatable bonds is 44. The van der Waals surface area contributed by atoms with Crippen LogP contribution in [-0.2, 0) is 83.2 Å². The van der Waals surface area contributed by atoms with Crippen molar-refractivity contribution >= 4 is 105 Å². The minimum absolute atomic E-state index is 0.0365. The van der Waals surface area contributed by atoms with Crippen molar-refractivity contribution in [1.29, 1.82) is 0 Å². The number of unbranched alkanes of at least 4 members (excludes halogenated alkanes) is 2. The van der Waals surface area contributed by atoms with E-state index < -0.39 is 138 Å².